The summed E-state index contributed by atoms with van der Waals surface area (Å²) in [6.07, 6.45) is 7.10. The number of carbonyl (C=O) groups is 1. The Balaban J connectivity index is 1.28. The second kappa shape index (κ2) is 10.4. The number of fused-ring (bicyclic) bond motifs is 1. The summed E-state index contributed by atoms with van der Waals surface area (Å²) in [6.45, 7) is 4.81. The zero-order chi connectivity index (χ0) is 23.2. The SMILES string of the molecule is O=C(Cc1cn(-c2ccc(Nc3cnccn3)nn2)c2ccccc12)NCCN1CCOCC1. The minimum absolute atomic E-state index is 0.00534. The molecule has 3 aromatic heterocycles. The highest BCUT2D eigenvalue weighted by atomic mass is 16.5. The van der Waals surface area contributed by atoms with E-state index in [-0.39, 0.29) is 5.91 Å². The Labute approximate surface area is 197 Å². The van der Waals surface area contributed by atoms with Crippen molar-refractivity contribution in [3.05, 3.63) is 66.7 Å². The van der Waals surface area contributed by atoms with E-state index >= 15 is 0 Å². The fourth-order valence-corrected chi connectivity index (χ4v) is 4.01. The smallest absolute Gasteiger partial charge is 0.224 e. The normalized spacial score (nSPS) is 14.2. The number of ether oxygens (including phenoxy) is 1. The molecule has 0 unspecified atom stereocenters. The van der Waals surface area contributed by atoms with Crippen molar-refractivity contribution in [3.63, 3.8) is 0 Å². The average molecular weight is 459 g/mol. The third-order valence-corrected chi connectivity index (χ3v) is 5.72. The second-order valence-corrected chi connectivity index (χ2v) is 8.01. The topological polar surface area (TPSA) is 110 Å². The fraction of sp³-hybridized carbons (Fsp3) is 0.292. The Morgan fingerprint density at radius 3 is 2.71 bits per heavy atom. The summed E-state index contributed by atoms with van der Waals surface area (Å²) in [5, 5.41) is 15.8. The highest BCUT2D eigenvalue weighted by Gasteiger charge is 2.15. The Kier molecular flexibility index (Phi) is 6.68. The van der Waals surface area contributed by atoms with Gasteiger partial charge in [0.15, 0.2) is 11.6 Å². The minimum atomic E-state index is 0.00534. The molecule has 174 valence electrons. The van der Waals surface area contributed by atoms with Gasteiger partial charge in [-0.15, -0.1) is 10.2 Å². The van der Waals surface area contributed by atoms with Crippen molar-refractivity contribution in [2.75, 3.05) is 44.7 Å². The number of aromatic nitrogens is 5. The number of amides is 1. The van der Waals surface area contributed by atoms with Crippen LogP contribution in [0.4, 0.5) is 11.6 Å². The predicted molar refractivity (Wildman–Crippen MR) is 128 cm³/mol. The van der Waals surface area contributed by atoms with Gasteiger partial charge in [-0.1, -0.05) is 18.2 Å². The number of hydrogen-bond donors (Lipinski definition) is 2. The van der Waals surface area contributed by atoms with Gasteiger partial charge in [-0.2, -0.15) is 0 Å². The molecule has 1 aliphatic rings. The third kappa shape index (κ3) is 5.19. The zero-order valence-electron chi connectivity index (χ0n) is 18.7. The van der Waals surface area contributed by atoms with E-state index in [2.05, 4.69) is 35.7 Å². The Morgan fingerprint density at radius 1 is 1.03 bits per heavy atom. The molecule has 0 atom stereocenters. The number of rotatable bonds is 8. The summed E-state index contributed by atoms with van der Waals surface area (Å²) in [6, 6.07) is 11.7. The van der Waals surface area contributed by atoms with E-state index in [4.69, 9.17) is 4.74 Å². The summed E-state index contributed by atoms with van der Waals surface area (Å²) in [5.41, 5.74) is 1.92. The predicted octanol–water partition coefficient (Wildman–Crippen LogP) is 1.94. The Morgan fingerprint density at radius 2 is 1.91 bits per heavy atom. The first-order valence-electron chi connectivity index (χ1n) is 11.3. The molecule has 2 N–H and O–H groups in total. The highest BCUT2D eigenvalue weighted by Crippen LogP contribution is 2.25. The quantitative estimate of drug-likeness (QED) is 0.412. The minimum Gasteiger partial charge on any atom is -0.379 e. The number of anilines is 2. The second-order valence-electron chi connectivity index (χ2n) is 8.01. The number of para-hydroxylation sites is 1. The van der Waals surface area contributed by atoms with Crippen molar-refractivity contribution in [3.8, 4) is 5.82 Å². The van der Waals surface area contributed by atoms with E-state index in [9.17, 15) is 4.79 Å². The first kappa shape index (κ1) is 21.9. The van der Waals surface area contributed by atoms with Crippen molar-refractivity contribution in [2.45, 2.75) is 6.42 Å². The van der Waals surface area contributed by atoms with E-state index in [0.29, 0.717) is 30.4 Å². The van der Waals surface area contributed by atoms with Crippen molar-refractivity contribution >= 4 is 28.4 Å². The summed E-state index contributed by atoms with van der Waals surface area (Å²) < 4.78 is 7.33. The number of hydrogen-bond acceptors (Lipinski definition) is 8. The summed E-state index contributed by atoms with van der Waals surface area (Å²) in [4.78, 5) is 23.2. The van der Waals surface area contributed by atoms with Crippen molar-refractivity contribution < 1.29 is 9.53 Å². The van der Waals surface area contributed by atoms with Crippen LogP contribution in [0.3, 0.4) is 0 Å². The number of carbonyl (C=O) groups excluding carboxylic acids is 1. The van der Waals surface area contributed by atoms with Gasteiger partial charge in [0, 0.05) is 50.2 Å². The molecule has 0 saturated carbocycles. The summed E-state index contributed by atoms with van der Waals surface area (Å²) >= 11 is 0. The molecule has 10 heteroatoms. The van der Waals surface area contributed by atoms with Crippen LogP contribution in [0.25, 0.3) is 16.7 Å². The maximum atomic E-state index is 12.7. The monoisotopic (exact) mass is 458 g/mol. The van der Waals surface area contributed by atoms with Crippen LogP contribution in [0.1, 0.15) is 5.56 Å². The highest BCUT2D eigenvalue weighted by molar-refractivity contribution is 5.90. The lowest BCUT2D eigenvalue weighted by molar-refractivity contribution is -0.120. The molecule has 1 saturated heterocycles. The largest absolute Gasteiger partial charge is 0.379 e. The number of nitrogens with zero attached hydrogens (tertiary/aromatic N) is 6. The van der Waals surface area contributed by atoms with Crippen molar-refractivity contribution in [2.24, 2.45) is 0 Å². The lowest BCUT2D eigenvalue weighted by Gasteiger charge is -2.26. The van der Waals surface area contributed by atoms with Gasteiger partial charge in [-0.05, 0) is 23.8 Å². The molecular weight excluding hydrogens is 432 g/mol. The van der Waals surface area contributed by atoms with Crippen LogP contribution in [0, 0.1) is 0 Å². The molecule has 0 aliphatic carbocycles. The molecule has 34 heavy (non-hydrogen) atoms. The molecular formula is C24H26N8O2. The average Bonchev–Trinajstić information content (AvgIpc) is 3.24. The lowest BCUT2D eigenvalue weighted by atomic mass is 10.1. The van der Waals surface area contributed by atoms with Crippen LogP contribution in [0.5, 0.6) is 0 Å². The Hall–Kier alpha value is -3.89. The third-order valence-electron chi connectivity index (χ3n) is 5.72. The molecule has 1 aromatic carbocycles. The molecule has 5 rings (SSSR count). The molecule has 0 spiro atoms. The number of morpholine rings is 1. The van der Waals surface area contributed by atoms with Gasteiger partial charge >= 0.3 is 0 Å². The van der Waals surface area contributed by atoms with Gasteiger partial charge < -0.3 is 15.4 Å². The van der Waals surface area contributed by atoms with Gasteiger partial charge in [0.2, 0.25) is 5.91 Å². The Bertz CT molecular complexity index is 1240. The lowest BCUT2D eigenvalue weighted by Crippen LogP contribution is -2.41. The van der Waals surface area contributed by atoms with E-state index in [1.165, 1.54) is 0 Å². The molecule has 0 bridgehead atoms. The van der Waals surface area contributed by atoms with Crippen LogP contribution >= 0.6 is 0 Å². The fourth-order valence-electron chi connectivity index (χ4n) is 4.01. The molecule has 4 aromatic rings. The first-order chi connectivity index (χ1) is 16.8. The molecule has 4 heterocycles. The van der Waals surface area contributed by atoms with Crippen LogP contribution in [-0.4, -0.2) is 74.9 Å². The van der Waals surface area contributed by atoms with Crippen molar-refractivity contribution in [1.29, 1.82) is 0 Å². The summed E-state index contributed by atoms with van der Waals surface area (Å²) in [7, 11) is 0. The van der Waals surface area contributed by atoms with Crippen LogP contribution in [0.15, 0.2) is 61.2 Å². The van der Waals surface area contributed by atoms with E-state index < -0.39 is 0 Å². The van der Waals surface area contributed by atoms with Crippen LogP contribution in [0.2, 0.25) is 0 Å². The molecule has 10 nitrogen and oxygen atoms in total. The van der Waals surface area contributed by atoms with Gasteiger partial charge in [0.1, 0.15) is 5.82 Å². The van der Waals surface area contributed by atoms with Gasteiger partial charge in [-0.3, -0.25) is 19.2 Å². The van der Waals surface area contributed by atoms with Gasteiger partial charge in [-0.25, -0.2) is 4.98 Å². The van der Waals surface area contributed by atoms with Crippen LogP contribution < -0.4 is 10.6 Å². The van der Waals surface area contributed by atoms with E-state index in [0.717, 1.165) is 49.3 Å². The standard InChI is InChI=1S/C24H26N8O2/c33-24(27-9-10-31-11-13-34-14-12-31)15-18-17-32(20-4-2-1-3-19(18)20)23-6-5-21(29-30-23)28-22-16-25-7-8-26-22/h1-8,16-17H,9-15H2,(H,27,33)(H,26,28,29). The number of benzene rings is 1. The molecule has 0 radical (unpaired) electrons. The summed E-state index contributed by atoms with van der Waals surface area (Å²) in [5.74, 6) is 1.84. The van der Waals surface area contributed by atoms with Gasteiger partial charge in [0.25, 0.3) is 0 Å². The molecule has 1 amide bonds. The van der Waals surface area contributed by atoms with Crippen LogP contribution in [-0.2, 0) is 16.0 Å². The molecule has 1 fully saturated rings. The van der Waals surface area contributed by atoms with E-state index in [1.807, 2.05) is 47.2 Å². The zero-order valence-corrected chi connectivity index (χ0v) is 18.7. The molecule has 1 aliphatic heterocycles. The number of nitrogens with one attached hydrogen (secondary N) is 2. The maximum absolute atomic E-state index is 12.7. The maximum Gasteiger partial charge on any atom is 0.224 e. The van der Waals surface area contributed by atoms with Crippen molar-refractivity contribution in [1.82, 2.24) is 34.9 Å². The van der Waals surface area contributed by atoms with E-state index in [1.54, 1.807) is 18.6 Å². The van der Waals surface area contributed by atoms with Gasteiger partial charge in [0.05, 0.1) is 31.3 Å². The first-order valence-corrected chi connectivity index (χ1v) is 11.3.